The lowest BCUT2D eigenvalue weighted by Crippen LogP contribution is -2.25. The summed E-state index contributed by atoms with van der Waals surface area (Å²) in [4.78, 5) is 0. The van der Waals surface area contributed by atoms with E-state index in [-0.39, 0.29) is 0 Å². The Bertz CT molecular complexity index is 406. The summed E-state index contributed by atoms with van der Waals surface area (Å²) < 4.78 is 5.01. The largest absolute Gasteiger partial charge is 0.383 e. The molecule has 114 valence electrons. The van der Waals surface area contributed by atoms with Crippen molar-refractivity contribution in [2.75, 3.05) is 26.8 Å². The minimum atomic E-state index is 0.381. The molecule has 0 aromatic carbocycles. The lowest BCUT2D eigenvalue weighted by molar-refractivity contribution is 0.198. The molecule has 1 heterocycles. The van der Waals surface area contributed by atoms with Crippen molar-refractivity contribution in [3.8, 4) is 0 Å². The summed E-state index contributed by atoms with van der Waals surface area (Å²) in [6.07, 6.45) is 6.24. The Kier molecular flexibility index (Phi) is 5.93. The van der Waals surface area contributed by atoms with Crippen molar-refractivity contribution in [1.29, 1.82) is 0 Å². The topological polar surface area (TPSA) is 47.0 Å². The molecule has 4 nitrogen and oxygen atoms in total. The predicted molar refractivity (Wildman–Crippen MR) is 83.3 cm³/mol. The van der Waals surface area contributed by atoms with Crippen molar-refractivity contribution in [2.45, 2.75) is 51.9 Å². The molecule has 1 aliphatic rings. The van der Waals surface area contributed by atoms with Gasteiger partial charge in [-0.25, -0.2) is 0 Å². The van der Waals surface area contributed by atoms with Crippen LogP contribution in [-0.2, 0) is 11.2 Å². The third-order valence-electron chi connectivity index (χ3n) is 4.29. The smallest absolute Gasteiger partial charge is 0.121 e. The van der Waals surface area contributed by atoms with Crippen molar-refractivity contribution >= 4 is 11.3 Å². The van der Waals surface area contributed by atoms with E-state index < -0.39 is 0 Å². The third-order valence-corrected chi connectivity index (χ3v) is 5.38. The Morgan fingerprint density at radius 2 is 2.15 bits per heavy atom. The van der Waals surface area contributed by atoms with Gasteiger partial charge in [0.15, 0.2) is 0 Å². The van der Waals surface area contributed by atoms with Gasteiger partial charge in [0.25, 0.3) is 0 Å². The molecule has 0 radical (unpaired) electrons. The first-order valence-corrected chi connectivity index (χ1v) is 8.47. The second kappa shape index (κ2) is 7.48. The number of nitrogens with one attached hydrogen (secondary N) is 1. The Hall–Kier alpha value is -0.520. The molecule has 0 aliphatic heterocycles. The summed E-state index contributed by atoms with van der Waals surface area (Å²) in [5, 5.41) is 14.6. The first kappa shape index (κ1) is 15.9. The van der Waals surface area contributed by atoms with Gasteiger partial charge in [-0.05, 0) is 18.3 Å². The molecule has 1 saturated carbocycles. The number of hydrogen-bond donors (Lipinski definition) is 1. The van der Waals surface area contributed by atoms with Gasteiger partial charge >= 0.3 is 0 Å². The van der Waals surface area contributed by atoms with Crippen molar-refractivity contribution in [3.05, 3.63) is 10.0 Å². The summed E-state index contributed by atoms with van der Waals surface area (Å²) in [6.45, 7) is 7.37. The van der Waals surface area contributed by atoms with E-state index in [1.165, 1.54) is 30.7 Å². The van der Waals surface area contributed by atoms with Crippen LogP contribution in [0.3, 0.4) is 0 Å². The van der Waals surface area contributed by atoms with Crippen LogP contribution in [0.1, 0.15) is 55.5 Å². The van der Waals surface area contributed by atoms with Crippen LogP contribution in [0.5, 0.6) is 0 Å². The van der Waals surface area contributed by atoms with E-state index in [1.807, 2.05) is 11.3 Å². The quantitative estimate of drug-likeness (QED) is 0.786. The summed E-state index contributed by atoms with van der Waals surface area (Å²) in [5.74, 6) is 0.601. The standard InChI is InChI=1S/C15H27N3OS/c1-15(2)8-5-4-6-12(15)14-18-17-13(20-14)7-9-16-10-11-19-3/h12,16H,4-11H2,1-3H3. The number of ether oxygens (including phenoxy) is 1. The number of methoxy groups -OCH3 is 1. The summed E-state index contributed by atoms with van der Waals surface area (Å²) >= 11 is 1.81. The molecule has 0 saturated heterocycles. The predicted octanol–water partition coefficient (Wildman–Crippen LogP) is 3.00. The maximum atomic E-state index is 5.01. The first-order chi connectivity index (χ1) is 9.63. The lowest BCUT2D eigenvalue weighted by atomic mass is 9.69. The van der Waals surface area contributed by atoms with Crippen molar-refractivity contribution in [3.63, 3.8) is 0 Å². The first-order valence-electron chi connectivity index (χ1n) is 7.65. The van der Waals surface area contributed by atoms with Crippen LogP contribution < -0.4 is 5.32 Å². The molecule has 0 spiro atoms. The molecule has 2 rings (SSSR count). The molecular formula is C15H27N3OS. The van der Waals surface area contributed by atoms with Crippen molar-refractivity contribution < 1.29 is 4.74 Å². The molecule has 5 heteroatoms. The van der Waals surface area contributed by atoms with Crippen molar-refractivity contribution in [2.24, 2.45) is 5.41 Å². The molecular weight excluding hydrogens is 270 g/mol. The highest BCUT2D eigenvalue weighted by Crippen LogP contribution is 2.47. The summed E-state index contributed by atoms with van der Waals surface area (Å²) in [6, 6.07) is 0. The SMILES string of the molecule is COCCNCCc1nnc(C2CCCCC2(C)C)s1. The van der Waals surface area contributed by atoms with Gasteiger partial charge in [-0.1, -0.05) is 26.7 Å². The second-order valence-electron chi connectivity index (χ2n) is 6.31. The Balaban J connectivity index is 1.85. The highest BCUT2D eigenvalue weighted by molar-refractivity contribution is 7.11. The number of rotatable bonds is 7. The van der Waals surface area contributed by atoms with Gasteiger partial charge in [0.1, 0.15) is 10.0 Å². The lowest BCUT2D eigenvalue weighted by Gasteiger charge is -2.37. The fourth-order valence-electron chi connectivity index (χ4n) is 2.95. The Morgan fingerprint density at radius 1 is 1.30 bits per heavy atom. The summed E-state index contributed by atoms with van der Waals surface area (Å²) in [7, 11) is 1.73. The van der Waals surface area contributed by atoms with Gasteiger partial charge in [-0.15, -0.1) is 21.5 Å². The number of aromatic nitrogens is 2. The monoisotopic (exact) mass is 297 g/mol. The maximum Gasteiger partial charge on any atom is 0.121 e. The Labute approximate surface area is 126 Å². The van der Waals surface area contributed by atoms with Crippen LogP contribution in [0, 0.1) is 5.41 Å². The van der Waals surface area contributed by atoms with E-state index in [1.54, 1.807) is 7.11 Å². The van der Waals surface area contributed by atoms with Crippen LogP contribution in [-0.4, -0.2) is 37.0 Å². The average Bonchev–Trinajstić information content (AvgIpc) is 2.86. The van der Waals surface area contributed by atoms with Crippen molar-refractivity contribution in [1.82, 2.24) is 15.5 Å². The molecule has 1 aromatic rings. The zero-order valence-corrected chi connectivity index (χ0v) is 13.8. The molecule has 0 amide bonds. The fourth-order valence-corrected chi connectivity index (χ4v) is 4.14. The molecule has 0 bridgehead atoms. The average molecular weight is 297 g/mol. The van der Waals surface area contributed by atoms with Crippen LogP contribution in [0.4, 0.5) is 0 Å². The number of hydrogen-bond acceptors (Lipinski definition) is 5. The van der Waals surface area contributed by atoms with E-state index in [0.717, 1.165) is 31.1 Å². The normalized spacial score (nSPS) is 22.1. The van der Waals surface area contributed by atoms with E-state index >= 15 is 0 Å². The van der Waals surface area contributed by atoms with Gasteiger partial charge in [-0.3, -0.25) is 0 Å². The zero-order valence-electron chi connectivity index (χ0n) is 12.9. The van der Waals surface area contributed by atoms with Crippen LogP contribution in [0.25, 0.3) is 0 Å². The van der Waals surface area contributed by atoms with E-state index in [4.69, 9.17) is 4.74 Å². The minimum absolute atomic E-state index is 0.381. The maximum absolute atomic E-state index is 5.01. The molecule has 1 fully saturated rings. The zero-order chi connectivity index (χ0) is 14.4. The molecule has 1 N–H and O–H groups in total. The molecule has 1 unspecified atom stereocenters. The Morgan fingerprint density at radius 3 is 2.90 bits per heavy atom. The number of nitrogens with zero attached hydrogens (tertiary/aromatic N) is 2. The van der Waals surface area contributed by atoms with Gasteiger partial charge in [0, 0.05) is 32.5 Å². The van der Waals surface area contributed by atoms with E-state index in [9.17, 15) is 0 Å². The molecule has 1 aliphatic carbocycles. The van der Waals surface area contributed by atoms with Crippen LogP contribution in [0.2, 0.25) is 0 Å². The second-order valence-corrected chi connectivity index (χ2v) is 7.41. The minimum Gasteiger partial charge on any atom is -0.383 e. The van der Waals surface area contributed by atoms with Gasteiger partial charge < -0.3 is 10.1 Å². The van der Waals surface area contributed by atoms with E-state index in [0.29, 0.717) is 11.3 Å². The van der Waals surface area contributed by atoms with Crippen LogP contribution >= 0.6 is 11.3 Å². The molecule has 20 heavy (non-hydrogen) atoms. The van der Waals surface area contributed by atoms with Gasteiger partial charge in [0.05, 0.1) is 6.61 Å². The highest BCUT2D eigenvalue weighted by atomic mass is 32.1. The van der Waals surface area contributed by atoms with Gasteiger partial charge in [-0.2, -0.15) is 0 Å². The highest BCUT2D eigenvalue weighted by Gasteiger charge is 2.35. The third kappa shape index (κ3) is 4.24. The van der Waals surface area contributed by atoms with Crippen LogP contribution in [0.15, 0.2) is 0 Å². The van der Waals surface area contributed by atoms with Gasteiger partial charge in [0.2, 0.25) is 0 Å². The summed E-state index contributed by atoms with van der Waals surface area (Å²) in [5.41, 5.74) is 0.381. The van der Waals surface area contributed by atoms with E-state index in [2.05, 4.69) is 29.4 Å². The molecule has 1 aromatic heterocycles. The fraction of sp³-hybridized carbons (Fsp3) is 0.867. The molecule has 1 atom stereocenters.